The minimum Gasteiger partial charge on any atom is -0.478 e. The van der Waals surface area contributed by atoms with Crippen LogP contribution in [0.5, 0.6) is 0 Å². The van der Waals surface area contributed by atoms with Gasteiger partial charge in [0.1, 0.15) is 10.7 Å². The highest BCUT2D eigenvalue weighted by Gasteiger charge is 2.23. The minimum atomic E-state index is -4.26. The number of rotatable bonds is 4. The molecule has 2 aromatic rings. The summed E-state index contributed by atoms with van der Waals surface area (Å²) < 4.78 is 40.2. The highest BCUT2D eigenvalue weighted by atomic mass is 35.5. The Balaban J connectivity index is 2.50. The minimum absolute atomic E-state index is 0.226. The van der Waals surface area contributed by atoms with E-state index in [0.29, 0.717) is 12.1 Å². The lowest BCUT2D eigenvalue weighted by molar-refractivity contribution is 0.0696. The van der Waals surface area contributed by atoms with E-state index in [2.05, 4.69) is 4.72 Å². The van der Waals surface area contributed by atoms with Gasteiger partial charge in [-0.1, -0.05) is 29.8 Å². The van der Waals surface area contributed by atoms with Gasteiger partial charge in [0, 0.05) is 5.69 Å². The summed E-state index contributed by atoms with van der Waals surface area (Å²) in [4.78, 5) is 10.2. The molecule has 0 spiro atoms. The van der Waals surface area contributed by atoms with Crippen molar-refractivity contribution in [3.63, 3.8) is 0 Å². The molecule has 0 bridgehead atoms. The summed E-state index contributed by atoms with van der Waals surface area (Å²) in [6.45, 7) is 0. The average Bonchev–Trinajstić information content (AvgIpc) is 2.38. The number of benzene rings is 2. The molecule has 5 nitrogen and oxygen atoms in total. The first-order chi connectivity index (χ1) is 9.81. The quantitative estimate of drug-likeness (QED) is 0.903. The Labute approximate surface area is 125 Å². The highest BCUT2D eigenvalue weighted by Crippen LogP contribution is 2.25. The van der Waals surface area contributed by atoms with Gasteiger partial charge >= 0.3 is 5.97 Å². The summed E-state index contributed by atoms with van der Waals surface area (Å²) in [5.41, 5.74) is -0.268. The molecule has 0 fully saturated rings. The smallest absolute Gasteiger partial charge is 0.337 e. The van der Waals surface area contributed by atoms with Gasteiger partial charge in [0.15, 0.2) is 0 Å². The number of carboxylic acids is 1. The standard InChI is InChI=1S/C13H9ClFNO4S/c14-10-7-11(15)12(6-9(10)13(17)18)21(19,20)16-8-4-2-1-3-5-8/h1-7,16H,(H,17,18). The molecule has 0 saturated heterocycles. The van der Waals surface area contributed by atoms with E-state index in [4.69, 9.17) is 16.7 Å². The molecule has 0 aliphatic rings. The predicted molar refractivity (Wildman–Crippen MR) is 75.6 cm³/mol. The third-order valence-electron chi connectivity index (χ3n) is 2.57. The van der Waals surface area contributed by atoms with Crippen molar-refractivity contribution in [2.75, 3.05) is 4.72 Å². The van der Waals surface area contributed by atoms with Crippen molar-refractivity contribution in [1.29, 1.82) is 0 Å². The zero-order valence-electron chi connectivity index (χ0n) is 10.4. The molecular weight excluding hydrogens is 321 g/mol. The zero-order valence-corrected chi connectivity index (χ0v) is 12.0. The Kier molecular flexibility index (Phi) is 4.15. The molecular formula is C13H9ClFNO4S. The van der Waals surface area contributed by atoms with Gasteiger partial charge in [0.2, 0.25) is 0 Å². The lowest BCUT2D eigenvalue weighted by Crippen LogP contribution is -2.15. The van der Waals surface area contributed by atoms with E-state index in [9.17, 15) is 17.6 Å². The van der Waals surface area contributed by atoms with Crippen molar-refractivity contribution >= 4 is 33.3 Å². The maximum atomic E-state index is 13.8. The van der Waals surface area contributed by atoms with Crippen molar-refractivity contribution in [3.05, 3.63) is 58.9 Å². The summed E-state index contributed by atoms with van der Waals surface area (Å²) in [7, 11) is -4.26. The van der Waals surface area contributed by atoms with Crippen LogP contribution in [0, 0.1) is 5.82 Å². The van der Waals surface area contributed by atoms with E-state index in [1.54, 1.807) is 18.2 Å². The van der Waals surface area contributed by atoms with Gasteiger partial charge in [0.05, 0.1) is 10.6 Å². The van der Waals surface area contributed by atoms with Crippen LogP contribution in [0.4, 0.5) is 10.1 Å². The lowest BCUT2D eigenvalue weighted by atomic mass is 10.2. The van der Waals surface area contributed by atoms with E-state index in [1.165, 1.54) is 12.1 Å². The molecule has 0 aliphatic carbocycles. The number of carbonyl (C=O) groups is 1. The van der Waals surface area contributed by atoms with Gasteiger partial charge in [-0.15, -0.1) is 0 Å². The fourth-order valence-electron chi connectivity index (χ4n) is 1.62. The summed E-state index contributed by atoms with van der Waals surface area (Å²) in [6.07, 6.45) is 0. The van der Waals surface area contributed by atoms with E-state index < -0.39 is 32.3 Å². The van der Waals surface area contributed by atoms with Gasteiger partial charge in [-0.2, -0.15) is 0 Å². The Hall–Kier alpha value is -2.12. The summed E-state index contributed by atoms with van der Waals surface area (Å²) in [5, 5.41) is 8.54. The molecule has 2 aromatic carbocycles. The number of hydrogen-bond acceptors (Lipinski definition) is 3. The second-order valence-electron chi connectivity index (χ2n) is 4.04. The van der Waals surface area contributed by atoms with Crippen molar-refractivity contribution in [2.45, 2.75) is 4.90 Å². The Morgan fingerprint density at radius 3 is 2.38 bits per heavy atom. The van der Waals surface area contributed by atoms with E-state index in [0.717, 1.165) is 0 Å². The molecule has 2 N–H and O–H groups in total. The topological polar surface area (TPSA) is 83.5 Å². The largest absolute Gasteiger partial charge is 0.478 e. The van der Waals surface area contributed by atoms with Gasteiger partial charge < -0.3 is 5.11 Å². The first-order valence-electron chi connectivity index (χ1n) is 5.61. The summed E-state index contributed by atoms with van der Waals surface area (Å²) in [6, 6.07) is 9.17. The van der Waals surface area contributed by atoms with E-state index in [1.807, 2.05) is 0 Å². The first-order valence-corrected chi connectivity index (χ1v) is 7.47. The van der Waals surface area contributed by atoms with Crippen LogP contribution < -0.4 is 4.72 Å². The van der Waals surface area contributed by atoms with Gasteiger partial charge in [0.25, 0.3) is 10.0 Å². The fraction of sp³-hybridized carbons (Fsp3) is 0. The third kappa shape index (κ3) is 3.32. The predicted octanol–water partition coefficient (Wildman–Crippen LogP) is 2.98. The van der Waals surface area contributed by atoms with Crippen LogP contribution in [0.2, 0.25) is 5.02 Å². The second kappa shape index (κ2) is 5.71. The van der Waals surface area contributed by atoms with Crippen LogP contribution in [0.1, 0.15) is 10.4 Å². The monoisotopic (exact) mass is 329 g/mol. The van der Waals surface area contributed by atoms with Crippen LogP contribution in [-0.2, 0) is 10.0 Å². The molecule has 0 radical (unpaired) electrons. The molecule has 0 saturated carbocycles. The maximum Gasteiger partial charge on any atom is 0.337 e. The number of aromatic carboxylic acids is 1. The number of para-hydroxylation sites is 1. The number of nitrogens with one attached hydrogen (secondary N) is 1. The molecule has 2 rings (SSSR count). The number of carboxylic acid groups (broad SMARTS) is 1. The molecule has 0 amide bonds. The molecule has 0 atom stereocenters. The third-order valence-corrected chi connectivity index (χ3v) is 4.28. The average molecular weight is 330 g/mol. The molecule has 0 aliphatic heterocycles. The van der Waals surface area contributed by atoms with Crippen molar-refractivity contribution in [1.82, 2.24) is 0 Å². The molecule has 0 heterocycles. The lowest BCUT2D eigenvalue weighted by Gasteiger charge is -2.10. The van der Waals surface area contributed by atoms with E-state index in [-0.39, 0.29) is 10.7 Å². The Bertz CT molecular complexity index is 793. The Morgan fingerprint density at radius 2 is 1.81 bits per heavy atom. The van der Waals surface area contributed by atoms with Crippen LogP contribution >= 0.6 is 11.6 Å². The number of halogens is 2. The van der Waals surface area contributed by atoms with Crippen molar-refractivity contribution in [2.24, 2.45) is 0 Å². The van der Waals surface area contributed by atoms with Crippen LogP contribution in [0.25, 0.3) is 0 Å². The number of sulfonamides is 1. The van der Waals surface area contributed by atoms with Crippen LogP contribution in [-0.4, -0.2) is 19.5 Å². The zero-order chi connectivity index (χ0) is 15.6. The maximum absolute atomic E-state index is 13.8. The van der Waals surface area contributed by atoms with Gasteiger partial charge in [-0.05, 0) is 24.3 Å². The fourth-order valence-corrected chi connectivity index (χ4v) is 2.99. The van der Waals surface area contributed by atoms with E-state index >= 15 is 0 Å². The van der Waals surface area contributed by atoms with Gasteiger partial charge in [-0.25, -0.2) is 17.6 Å². The van der Waals surface area contributed by atoms with Crippen molar-refractivity contribution in [3.8, 4) is 0 Å². The second-order valence-corrected chi connectivity index (χ2v) is 6.10. The SMILES string of the molecule is O=C(O)c1cc(S(=O)(=O)Nc2ccccc2)c(F)cc1Cl. The number of anilines is 1. The summed E-state index contributed by atoms with van der Waals surface area (Å²) >= 11 is 5.57. The molecule has 21 heavy (non-hydrogen) atoms. The van der Waals surface area contributed by atoms with Crippen LogP contribution in [0.15, 0.2) is 47.4 Å². The van der Waals surface area contributed by atoms with Crippen molar-refractivity contribution < 1.29 is 22.7 Å². The van der Waals surface area contributed by atoms with Gasteiger partial charge in [-0.3, -0.25) is 4.72 Å². The first kappa shape index (κ1) is 15.3. The molecule has 0 aromatic heterocycles. The van der Waals surface area contributed by atoms with Crippen LogP contribution in [0.3, 0.4) is 0 Å². The number of hydrogen-bond donors (Lipinski definition) is 2. The summed E-state index contributed by atoms with van der Waals surface area (Å²) in [5.74, 6) is -2.58. The molecule has 0 unspecified atom stereocenters. The Morgan fingerprint density at radius 1 is 1.19 bits per heavy atom. The molecule has 8 heteroatoms. The normalized spacial score (nSPS) is 11.1. The molecule has 110 valence electrons. The highest BCUT2D eigenvalue weighted by molar-refractivity contribution is 7.92.